The van der Waals surface area contributed by atoms with Crippen LogP contribution in [-0.4, -0.2) is 40.0 Å². The second kappa shape index (κ2) is 6.32. The van der Waals surface area contributed by atoms with Crippen LogP contribution in [0.3, 0.4) is 0 Å². The Labute approximate surface area is 129 Å². The van der Waals surface area contributed by atoms with Crippen molar-refractivity contribution in [2.45, 2.75) is 32.2 Å². The van der Waals surface area contributed by atoms with Gasteiger partial charge in [0.1, 0.15) is 11.6 Å². The lowest BCUT2D eigenvalue weighted by atomic mass is 10.0. The number of hydrogen-bond acceptors (Lipinski definition) is 2. The minimum absolute atomic E-state index is 0.204. The molecular weight excluding hydrogens is 289 g/mol. The Balaban J connectivity index is 2.05. The van der Waals surface area contributed by atoms with E-state index in [1.807, 2.05) is 0 Å². The maximum absolute atomic E-state index is 13.6. The number of likely N-dealkylation sites (N-methyl/N-ethyl adjacent to an activating group) is 1. The number of benzene rings is 1. The number of fused-ring (bicyclic) bond motifs is 1. The van der Waals surface area contributed by atoms with Crippen LogP contribution in [0.4, 0.5) is 4.39 Å². The smallest absolute Gasteiger partial charge is 0.125 e. The van der Waals surface area contributed by atoms with Gasteiger partial charge < -0.3 is 9.47 Å². The van der Waals surface area contributed by atoms with Crippen LogP contribution in [0.5, 0.6) is 0 Å². The zero-order chi connectivity index (χ0) is 14.8. The molecule has 5 heteroatoms. The summed E-state index contributed by atoms with van der Waals surface area (Å²) in [5.41, 5.74) is 1.77. The average Bonchev–Trinajstić information content (AvgIpc) is 2.85. The highest BCUT2D eigenvalue weighted by molar-refractivity contribution is 6.17. The summed E-state index contributed by atoms with van der Waals surface area (Å²) in [6, 6.07) is 5.21. The van der Waals surface area contributed by atoms with Crippen molar-refractivity contribution in [2.24, 2.45) is 0 Å². The molecule has 114 valence electrons. The first kappa shape index (κ1) is 14.8. The van der Waals surface area contributed by atoms with Crippen LogP contribution >= 0.6 is 11.6 Å². The van der Waals surface area contributed by atoms with Crippen LogP contribution in [0.1, 0.15) is 31.6 Å². The minimum atomic E-state index is -0.204. The molecule has 0 spiro atoms. The van der Waals surface area contributed by atoms with E-state index in [-0.39, 0.29) is 5.82 Å². The quantitative estimate of drug-likeness (QED) is 0.804. The number of nitrogens with zero attached hydrogens (tertiary/aromatic N) is 3. The first-order chi connectivity index (χ1) is 10.2. The largest absolute Gasteiger partial charge is 0.323 e. The summed E-state index contributed by atoms with van der Waals surface area (Å²) in [6.45, 7) is 5.41. The Kier molecular flexibility index (Phi) is 4.45. The van der Waals surface area contributed by atoms with E-state index < -0.39 is 0 Å². The number of piperidine rings is 1. The van der Waals surface area contributed by atoms with Gasteiger partial charge in [0.15, 0.2) is 0 Å². The van der Waals surface area contributed by atoms with E-state index in [4.69, 9.17) is 11.6 Å². The van der Waals surface area contributed by atoms with Gasteiger partial charge in [0.2, 0.25) is 0 Å². The molecule has 0 radical (unpaired) electrons. The molecule has 2 aromatic rings. The Morgan fingerprint density at radius 2 is 2.29 bits per heavy atom. The molecule has 3 rings (SSSR count). The molecule has 1 aromatic heterocycles. The number of imidazole rings is 1. The summed E-state index contributed by atoms with van der Waals surface area (Å²) in [4.78, 5) is 7.11. The molecule has 0 bridgehead atoms. The highest BCUT2D eigenvalue weighted by Gasteiger charge is 2.24. The molecular formula is C16H21ClFN3. The monoisotopic (exact) mass is 309 g/mol. The van der Waals surface area contributed by atoms with Gasteiger partial charge in [-0.05, 0) is 44.1 Å². The van der Waals surface area contributed by atoms with Gasteiger partial charge in [-0.25, -0.2) is 9.37 Å². The fraction of sp³-hybridized carbons (Fsp3) is 0.562. The number of alkyl halides is 1. The van der Waals surface area contributed by atoms with Crippen LogP contribution in [0.25, 0.3) is 11.0 Å². The molecule has 1 saturated heterocycles. The van der Waals surface area contributed by atoms with E-state index in [9.17, 15) is 4.39 Å². The first-order valence-electron chi connectivity index (χ1n) is 7.67. The van der Waals surface area contributed by atoms with E-state index in [0.717, 1.165) is 49.3 Å². The summed E-state index contributed by atoms with van der Waals surface area (Å²) in [5.74, 6) is 1.31. The molecule has 1 aromatic carbocycles. The number of halogens is 2. The first-order valence-corrected chi connectivity index (χ1v) is 8.21. The minimum Gasteiger partial charge on any atom is -0.323 e. The van der Waals surface area contributed by atoms with Crippen molar-refractivity contribution < 1.29 is 4.39 Å². The van der Waals surface area contributed by atoms with Crippen molar-refractivity contribution >= 4 is 22.6 Å². The van der Waals surface area contributed by atoms with Gasteiger partial charge in [-0.2, -0.15) is 0 Å². The summed E-state index contributed by atoms with van der Waals surface area (Å²) in [5, 5.41) is 0. The third-order valence-corrected chi connectivity index (χ3v) is 4.52. The highest BCUT2D eigenvalue weighted by atomic mass is 35.5. The summed E-state index contributed by atoms with van der Waals surface area (Å²) >= 11 is 5.92. The van der Waals surface area contributed by atoms with E-state index in [1.165, 1.54) is 12.5 Å². The average molecular weight is 310 g/mol. The Bertz CT molecular complexity index is 625. The Morgan fingerprint density at radius 3 is 3.05 bits per heavy atom. The fourth-order valence-corrected chi connectivity index (χ4v) is 3.48. The van der Waals surface area contributed by atoms with E-state index >= 15 is 0 Å². The fourth-order valence-electron chi connectivity index (χ4n) is 3.31. The van der Waals surface area contributed by atoms with Crippen LogP contribution in [-0.2, 0) is 6.42 Å². The van der Waals surface area contributed by atoms with Gasteiger partial charge >= 0.3 is 0 Å². The van der Waals surface area contributed by atoms with E-state index in [1.54, 1.807) is 12.1 Å². The number of aryl methyl sites for hydroxylation is 1. The number of rotatable bonds is 4. The van der Waals surface area contributed by atoms with Crippen molar-refractivity contribution in [1.29, 1.82) is 0 Å². The second-order valence-electron chi connectivity index (χ2n) is 5.66. The standard InChI is InChI=1S/C16H21ClFN3/c1-2-20-9-3-4-13(11-20)21-15-10-12(18)5-6-14(15)19-16(21)7-8-17/h5-6,10,13H,2-4,7-9,11H2,1H3. The van der Waals surface area contributed by atoms with Crippen molar-refractivity contribution in [3.63, 3.8) is 0 Å². The van der Waals surface area contributed by atoms with E-state index in [0.29, 0.717) is 11.9 Å². The molecule has 1 aliphatic heterocycles. The molecule has 1 aliphatic rings. The predicted octanol–water partition coefficient (Wildman–Crippen LogP) is 3.61. The van der Waals surface area contributed by atoms with Crippen LogP contribution in [0.2, 0.25) is 0 Å². The molecule has 1 fully saturated rings. The zero-order valence-electron chi connectivity index (χ0n) is 12.4. The molecule has 0 N–H and O–H groups in total. The summed E-state index contributed by atoms with van der Waals surface area (Å²) in [7, 11) is 0. The maximum Gasteiger partial charge on any atom is 0.125 e. The summed E-state index contributed by atoms with van der Waals surface area (Å²) < 4.78 is 15.9. The highest BCUT2D eigenvalue weighted by Crippen LogP contribution is 2.28. The molecule has 2 heterocycles. The molecule has 0 aliphatic carbocycles. The third kappa shape index (κ3) is 2.92. The topological polar surface area (TPSA) is 21.1 Å². The second-order valence-corrected chi connectivity index (χ2v) is 6.04. The lowest BCUT2D eigenvalue weighted by Crippen LogP contribution is -2.36. The molecule has 21 heavy (non-hydrogen) atoms. The molecule has 1 unspecified atom stereocenters. The van der Waals surface area contributed by atoms with Crippen LogP contribution in [0, 0.1) is 5.82 Å². The van der Waals surface area contributed by atoms with Crippen molar-refractivity contribution in [3.05, 3.63) is 29.8 Å². The van der Waals surface area contributed by atoms with Crippen LogP contribution in [0.15, 0.2) is 18.2 Å². The number of likely N-dealkylation sites (tertiary alicyclic amines) is 1. The Morgan fingerprint density at radius 1 is 1.43 bits per heavy atom. The maximum atomic E-state index is 13.6. The number of aromatic nitrogens is 2. The van der Waals surface area contributed by atoms with Gasteiger partial charge in [-0.15, -0.1) is 11.6 Å². The molecule has 1 atom stereocenters. The van der Waals surface area contributed by atoms with Crippen molar-refractivity contribution in [1.82, 2.24) is 14.5 Å². The van der Waals surface area contributed by atoms with Gasteiger partial charge in [0, 0.05) is 24.9 Å². The molecule has 0 saturated carbocycles. The lowest BCUT2D eigenvalue weighted by Gasteiger charge is -2.33. The summed E-state index contributed by atoms with van der Waals surface area (Å²) in [6.07, 6.45) is 3.02. The van der Waals surface area contributed by atoms with Gasteiger partial charge in [0.25, 0.3) is 0 Å². The normalized spacial score (nSPS) is 20.2. The lowest BCUT2D eigenvalue weighted by molar-refractivity contribution is 0.185. The predicted molar refractivity (Wildman–Crippen MR) is 84.5 cm³/mol. The Hall–Kier alpha value is -1.13. The zero-order valence-corrected chi connectivity index (χ0v) is 13.1. The van der Waals surface area contributed by atoms with Gasteiger partial charge in [-0.3, -0.25) is 0 Å². The molecule has 0 amide bonds. The van der Waals surface area contributed by atoms with Gasteiger partial charge in [0.05, 0.1) is 11.0 Å². The number of hydrogen-bond donors (Lipinski definition) is 0. The van der Waals surface area contributed by atoms with Gasteiger partial charge in [-0.1, -0.05) is 6.92 Å². The van der Waals surface area contributed by atoms with Crippen LogP contribution < -0.4 is 0 Å². The molecule has 3 nitrogen and oxygen atoms in total. The third-order valence-electron chi connectivity index (χ3n) is 4.34. The van der Waals surface area contributed by atoms with Crippen molar-refractivity contribution in [3.8, 4) is 0 Å². The van der Waals surface area contributed by atoms with E-state index in [2.05, 4.69) is 21.4 Å². The van der Waals surface area contributed by atoms with Crippen molar-refractivity contribution in [2.75, 3.05) is 25.5 Å². The SMILES string of the molecule is CCN1CCCC(n2c(CCCl)nc3ccc(F)cc32)C1.